The number of hydrogen-bond acceptors (Lipinski definition) is 4. The molecule has 1 aromatic carbocycles. The predicted molar refractivity (Wildman–Crippen MR) is 85.2 cm³/mol. The number of rotatable bonds is 3. The zero-order valence-corrected chi connectivity index (χ0v) is 12.5. The SMILES string of the molecule is CC1CCN(c2ncccn2)CCN1Cc1ccccc1. The smallest absolute Gasteiger partial charge is 0.225 e. The summed E-state index contributed by atoms with van der Waals surface area (Å²) < 4.78 is 0. The van der Waals surface area contributed by atoms with Gasteiger partial charge in [0.2, 0.25) is 5.95 Å². The molecule has 1 aliphatic heterocycles. The molecule has 1 saturated heterocycles. The van der Waals surface area contributed by atoms with Crippen molar-refractivity contribution in [3.8, 4) is 0 Å². The quantitative estimate of drug-likeness (QED) is 0.866. The molecule has 1 atom stereocenters. The lowest BCUT2D eigenvalue weighted by molar-refractivity contribution is 0.212. The van der Waals surface area contributed by atoms with Crippen LogP contribution in [0.1, 0.15) is 18.9 Å². The molecule has 0 radical (unpaired) electrons. The maximum absolute atomic E-state index is 4.37. The molecule has 1 unspecified atom stereocenters. The topological polar surface area (TPSA) is 32.3 Å². The van der Waals surface area contributed by atoms with Crippen molar-refractivity contribution in [1.29, 1.82) is 0 Å². The normalized spacial score (nSPS) is 20.2. The average molecular weight is 282 g/mol. The molecule has 1 aromatic heterocycles. The van der Waals surface area contributed by atoms with E-state index in [1.54, 1.807) is 0 Å². The molecule has 4 nitrogen and oxygen atoms in total. The second-order valence-corrected chi connectivity index (χ2v) is 5.63. The average Bonchev–Trinajstić information content (AvgIpc) is 2.72. The summed E-state index contributed by atoms with van der Waals surface area (Å²) in [4.78, 5) is 13.6. The van der Waals surface area contributed by atoms with E-state index in [1.807, 2.05) is 18.5 Å². The lowest BCUT2D eigenvalue weighted by Gasteiger charge is -2.26. The number of hydrogen-bond donors (Lipinski definition) is 0. The Bertz CT molecular complexity index is 543. The highest BCUT2D eigenvalue weighted by Gasteiger charge is 2.21. The molecule has 4 heteroatoms. The Labute approximate surface area is 126 Å². The van der Waals surface area contributed by atoms with Gasteiger partial charge in [0.15, 0.2) is 0 Å². The Morgan fingerprint density at radius 3 is 2.52 bits per heavy atom. The summed E-state index contributed by atoms with van der Waals surface area (Å²) >= 11 is 0. The minimum Gasteiger partial charge on any atom is -0.339 e. The maximum Gasteiger partial charge on any atom is 0.225 e. The number of anilines is 1. The number of benzene rings is 1. The Morgan fingerprint density at radius 1 is 1.00 bits per heavy atom. The van der Waals surface area contributed by atoms with E-state index in [1.165, 1.54) is 5.56 Å². The summed E-state index contributed by atoms with van der Waals surface area (Å²) in [5, 5.41) is 0. The van der Waals surface area contributed by atoms with Crippen molar-refractivity contribution < 1.29 is 0 Å². The lowest BCUT2D eigenvalue weighted by Crippen LogP contribution is -2.34. The second-order valence-electron chi connectivity index (χ2n) is 5.63. The fraction of sp³-hybridized carbons (Fsp3) is 0.412. The van der Waals surface area contributed by atoms with E-state index in [2.05, 4.69) is 57.0 Å². The van der Waals surface area contributed by atoms with Crippen molar-refractivity contribution in [2.24, 2.45) is 0 Å². The van der Waals surface area contributed by atoms with Gasteiger partial charge in [-0.3, -0.25) is 4.90 Å². The Hall–Kier alpha value is -1.94. The molecule has 3 rings (SSSR count). The van der Waals surface area contributed by atoms with Gasteiger partial charge in [-0.1, -0.05) is 30.3 Å². The van der Waals surface area contributed by atoms with Gasteiger partial charge < -0.3 is 4.90 Å². The molecule has 0 N–H and O–H groups in total. The molecular formula is C17H22N4. The fourth-order valence-corrected chi connectivity index (χ4v) is 2.81. The first kappa shape index (κ1) is 14.0. The van der Waals surface area contributed by atoms with Gasteiger partial charge in [0.1, 0.15) is 0 Å². The molecule has 0 bridgehead atoms. The predicted octanol–water partition coefficient (Wildman–Crippen LogP) is 2.58. The third-order valence-corrected chi connectivity index (χ3v) is 4.16. The van der Waals surface area contributed by atoms with Gasteiger partial charge in [0, 0.05) is 44.6 Å². The van der Waals surface area contributed by atoms with Crippen LogP contribution in [-0.2, 0) is 6.54 Å². The van der Waals surface area contributed by atoms with Crippen molar-refractivity contribution in [2.45, 2.75) is 25.9 Å². The zero-order valence-electron chi connectivity index (χ0n) is 12.5. The van der Waals surface area contributed by atoms with Crippen molar-refractivity contribution in [1.82, 2.24) is 14.9 Å². The minimum atomic E-state index is 0.582. The van der Waals surface area contributed by atoms with Gasteiger partial charge in [-0.15, -0.1) is 0 Å². The van der Waals surface area contributed by atoms with Crippen LogP contribution in [0.3, 0.4) is 0 Å². The van der Waals surface area contributed by atoms with Crippen molar-refractivity contribution >= 4 is 5.95 Å². The van der Waals surface area contributed by atoms with E-state index in [0.29, 0.717) is 6.04 Å². The monoisotopic (exact) mass is 282 g/mol. The Morgan fingerprint density at radius 2 is 1.76 bits per heavy atom. The Balaban J connectivity index is 1.66. The summed E-state index contributed by atoms with van der Waals surface area (Å²) in [6.45, 7) is 6.40. The second kappa shape index (κ2) is 6.68. The summed E-state index contributed by atoms with van der Waals surface area (Å²) in [6.07, 6.45) is 4.78. The number of nitrogens with zero attached hydrogens (tertiary/aromatic N) is 4. The third-order valence-electron chi connectivity index (χ3n) is 4.16. The van der Waals surface area contributed by atoms with Crippen LogP contribution < -0.4 is 4.90 Å². The summed E-state index contributed by atoms with van der Waals surface area (Å²) in [7, 11) is 0. The largest absolute Gasteiger partial charge is 0.339 e. The van der Waals surface area contributed by atoms with Crippen molar-refractivity contribution in [3.05, 3.63) is 54.4 Å². The molecular weight excluding hydrogens is 260 g/mol. The molecule has 21 heavy (non-hydrogen) atoms. The van der Waals surface area contributed by atoms with Gasteiger partial charge in [-0.25, -0.2) is 9.97 Å². The van der Waals surface area contributed by atoms with Crippen molar-refractivity contribution in [3.63, 3.8) is 0 Å². The number of aromatic nitrogens is 2. The summed E-state index contributed by atoms with van der Waals surface area (Å²) in [6, 6.07) is 13.2. The van der Waals surface area contributed by atoms with Crippen molar-refractivity contribution in [2.75, 3.05) is 24.5 Å². The van der Waals surface area contributed by atoms with Gasteiger partial charge >= 0.3 is 0 Å². The van der Waals surface area contributed by atoms with Crippen LogP contribution in [0.4, 0.5) is 5.95 Å². The highest BCUT2D eigenvalue weighted by molar-refractivity contribution is 5.28. The molecule has 2 heterocycles. The summed E-state index contributed by atoms with van der Waals surface area (Å²) in [5.41, 5.74) is 1.38. The molecule has 110 valence electrons. The summed E-state index contributed by atoms with van der Waals surface area (Å²) in [5.74, 6) is 0.853. The van der Waals surface area contributed by atoms with E-state index in [-0.39, 0.29) is 0 Å². The minimum absolute atomic E-state index is 0.582. The molecule has 0 aliphatic carbocycles. The molecule has 2 aromatic rings. The fourth-order valence-electron chi connectivity index (χ4n) is 2.81. The van der Waals surface area contributed by atoms with Crippen LogP contribution in [0.2, 0.25) is 0 Å². The van der Waals surface area contributed by atoms with Crippen LogP contribution in [0.15, 0.2) is 48.8 Å². The van der Waals surface area contributed by atoms with Crippen LogP contribution in [-0.4, -0.2) is 40.5 Å². The van der Waals surface area contributed by atoms with E-state index < -0.39 is 0 Å². The van der Waals surface area contributed by atoms with Crippen LogP contribution in [0, 0.1) is 0 Å². The standard InChI is InChI=1S/C17H22N4/c1-15-8-11-20(17-18-9-5-10-19-17)12-13-21(15)14-16-6-3-2-4-7-16/h2-7,9-10,15H,8,11-14H2,1H3. The first-order valence-electron chi connectivity index (χ1n) is 7.63. The zero-order chi connectivity index (χ0) is 14.5. The maximum atomic E-state index is 4.37. The lowest BCUT2D eigenvalue weighted by atomic mass is 10.1. The molecule has 1 aliphatic rings. The first-order chi connectivity index (χ1) is 10.3. The van der Waals surface area contributed by atoms with Crippen LogP contribution in [0.25, 0.3) is 0 Å². The van der Waals surface area contributed by atoms with E-state index in [9.17, 15) is 0 Å². The highest BCUT2D eigenvalue weighted by Crippen LogP contribution is 2.17. The van der Waals surface area contributed by atoms with Gasteiger partial charge in [0.05, 0.1) is 0 Å². The third kappa shape index (κ3) is 3.58. The molecule has 1 fully saturated rings. The van der Waals surface area contributed by atoms with Gasteiger partial charge in [0.25, 0.3) is 0 Å². The van der Waals surface area contributed by atoms with Crippen LogP contribution >= 0.6 is 0 Å². The Kier molecular flexibility index (Phi) is 4.46. The molecule has 0 saturated carbocycles. The van der Waals surface area contributed by atoms with Gasteiger partial charge in [-0.05, 0) is 25.0 Å². The molecule has 0 spiro atoms. The van der Waals surface area contributed by atoms with E-state index >= 15 is 0 Å². The van der Waals surface area contributed by atoms with E-state index in [0.717, 1.165) is 38.5 Å². The van der Waals surface area contributed by atoms with E-state index in [4.69, 9.17) is 0 Å². The first-order valence-corrected chi connectivity index (χ1v) is 7.63. The van der Waals surface area contributed by atoms with Gasteiger partial charge in [-0.2, -0.15) is 0 Å². The van der Waals surface area contributed by atoms with Crippen LogP contribution in [0.5, 0.6) is 0 Å². The molecule has 0 amide bonds. The highest BCUT2D eigenvalue weighted by atomic mass is 15.3.